The van der Waals surface area contributed by atoms with E-state index in [0.29, 0.717) is 18.2 Å². The van der Waals surface area contributed by atoms with Crippen LogP contribution in [0.5, 0.6) is 5.75 Å². The van der Waals surface area contributed by atoms with Crippen LogP contribution in [0.15, 0.2) is 12.1 Å². The van der Waals surface area contributed by atoms with Crippen LogP contribution in [0.3, 0.4) is 0 Å². The summed E-state index contributed by atoms with van der Waals surface area (Å²) in [6, 6.07) is 3.95. The molecule has 3 nitrogen and oxygen atoms in total. The maximum absolute atomic E-state index is 10.5. The number of hydrogen-bond donors (Lipinski definition) is 1. The molecule has 94 valence electrons. The molecule has 0 saturated heterocycles. The average Bonchev–Trinajstić information content (AvgIpc) is 2.28. The van der Waals surface area contributed by atoms with E-state index >= 15 is 0 Å². The average molecular weight is 235 g/mol. The van der Waals surface area contributed by atoms with Crippen molar-refractivity contribution in [2.24, 2.45) is 0 Å². The number of carbonyl (C=O) groups is 1. The fraction of sp³-hybridized carbons (Fsp3) is 0.500. The molecule has 0 aliphatic carbocycles. The summed E-state index contributed by atoms with van der Waals surface area (Å²) in [5.41, 5.74) is 3.08. The van der Waals surface area contributed by atoms with Crippen molar-refractivity contribution in [3.8, 4) is 5.75 Å². The highest BCUT2D eigenvalue weighted by atomic mass is 16.5. The van der Waals surface area contributed by atoms with E-state index in [-0.39, 0.29) is 0 Å². The van der Waals surface area contributed by atoms with Crippen molar-refractivity contribution in [2.75, 3.05) is 12.4 Å². The number of anilines is 1. The Kier molecular flexibility index (Phi) is 4.55. The lowest BCUT2D eigenvalue weighted by Gasteiger charge is -2.19. The highest BCUT2D eigenvalue weighted by molar-refractivity contribution is 5.73. The molecule has 1 aromatic carbocycles. The van der Waals surface area contributed by atoms with Crippen LogP contribution in [0.2, 0.25) is 0 Å². The first kappa shape index (κ1) is 13.6. The van der Waals surface area contributed by atoms with Crippen molar-refractivity contribution in [1.82, 2.24) is 0 Å². The van der Waals surface area contributed by atoms with E-state index in [1.807, 2.05) is 12.1 Å². The van der Waals surface area contributed by atoms with Gasteiger partial charge in [-0.3, -0.25) is 4.79 Å². The molecule has 1 rings (SSSR count). The van der Waals surface area contributed by atoms with Gasteiger partial charge in [0, 0.05) is 5.69 Å². The fourth-order valence-corrected chi connectivity index (χ4v) is 1.92. The first-order valence-electron chi connectivity index (χ1n) is 5.93. The minimum Gasteiger partial charge on any atom is -0.496 e. The van der Waals surface area contributed by atoms with Gasteiger partial charge in [0.15, 0.2) is 0 Å². The minimum absolute atomic E-state index is 0.357. The quantitative estimate of drug-likeness (QED) is 0.793. The van der Waals surface area contributed by atoms with Gasteiger partial charge in [-0.05, 0) is 35.1 Å². The number of ether oxygens (including phenoxy) is 1. The van der Waals surface area contributed by atoms with Crippen molar-refractivity contribution in [3.05, 3.63) is 23.3 Å². The van der Waals surface area contributed by atoms with Gasteiger partial charge >= 0.3 is 0 Å². The summed E-state index contributed by atoms with van der Waals surface area (Å²) in [5.74, 6) is 1.65. The van der Waals surface area contributed by atoms with E-state index in [1.54, 1.807) is 7.11 Å². The molecule has 0 aromatic heterocycles. The maximum atomic E-state index is 10.5. The molecule has 0 heterocycles. The van der Waals surface area contributed by atoms with Gasteiger partial charge < -0.3 is 10.1 Å². The Balaban J connectivity index is 3.39. The van der Waals surface area contributed by atoms with Crippen LogP contribution in [-0.2, 0) is 4.79 Å². The number of nitrogens with one attached hydrogen (secondary N) is 1. The Bertz CT molecular complexity index is 368. The smallest absolute Gasteiger partial charge is 0.211 e. The molecular weight excluding hydrogens is 214 g/mol. The summed E-state index contributed by atoms with van der Waals surface area (Å²) in [7, 11) is 1.69. The Morgan fingerprint density at radius 1 is 1.12 bits per heavy atom. The monoisotopic (exact) mass is 235 g/mol. The Morgan fingerprint density at radius 3 is 1.88 bits per heavy atom. The van der Waals surface area contributed by atoms with Gasteiger partial charge in [-0.25, -0.2) is 0 Å². The van der Waals surface area contributed by atoms with Crippen LogP contribution in [-0.4, -0.2) is 13.5 Å². The molecule has 1 N–H and O–H groups in total. The van der Waals surface area contributed by atoms with E-state index in [9.17, 15) is 4.79 Å². The SMILES string of the molecule is COc1c(C(C)C)cc(NC=O)cc1C(C)C. The summed E-state index contributed by atoms with van der Waals surface area (Å²) in [4.78, 5) is 10.5. The van der Waals surface area contributed by atoms with Crippen LogP contribution in [0, 0.1) is 0 Å². The summed E-state index contributed by atoms with van der Waals surface area (Å²) in [6.07, 6.45) is 0.704. The number of hydrogen-bond acceptors (Lipinski definition) is 2. The van der Waals surface area contributed by atoms with Gasteiger partial charge in [0.1, 0.15) is 5.75 Å². The predicted octanol–water partition coefficient (Wildman–Crippen LogP) is 3.51. The molecule has 0 fully saturated rings. The van der Waals surface area contributed by atoms with E-state index in [4.69, 9.17) is 4.74 Å². The van der Waals surface area contributed by atoms with Gasteiger partial charge in [-0.15, -0.1) is 0 Å². The van der Waals surface area contributed by atoms with Crippen molar-refractivity contribution in [2.45, 2.75) is 39.5 Å². The molecule has 0 radical (unpaired) electrons. The number of rotatable bonds is 5. The molecule has 3 heteroatoms. The fourth-order valence-electron chi connectivity index (χ4n) is 1.92. The lowest BCUT2D eigenvalue weighted by atomic mass is 9.93. The summed E-state index contributed by atoms with van der Waals surface area (Å²) >= 11 is 0. The molecule has 0 unspecified atom stereocenters. The van der Waals surface area contributed by atoms with Crippen molar-refractivity contribution < 1.29 is 9.53 Å². The number of benzene rings is 1. The molecule has 1 amide bonds. The third-order valence-corrected chi connectivity index (χ3v) is 2.82. The Hall–Kier alpha value is -1.51. The molecule has 0 aliphatic rings. The van der Waals surface area contributed by atoms with Crippen LogP contribution >= 0.6 is 0 Å². The zero-order valence-corrected chi connectivity index (χ0v) is 11.2. The van der Waals surface area contributed by atoms with Gasteiger partial charge in [0.2, 0.25) is 6.41 Å². The second-order valence-electron chi connectivity index (χ2n) is 4.76. The standard InChI is InChI=1S/C14H21NO2/c1-9(2)12-6-11(15-8-16)7-13(10(3)4)14(12)17-5/h6-10H,1-5H3,(H,15,16). The second-order valence-corrected chi connectivity index (χ2v) is 4.76. The molecule has 0 atom stereocenters. The predicted molar refractivity (Wildman–Crippen MR) is 70.9 cm³/mol. The van der Waals surface area contributed by atoms with Crippen molar-refractivity contribution in [3.63, 3.8) is 0 Å². The molecular formula is C14H21NO2. The highest BCUT2D eigenvalue weighted by Gasteiger charge is 2.16. The number of methoxy groups -OCH3 is 1. The Labute approximate surface area is 103 Å². The first-order valence-corrected chi connectivity index (χ1v) is 5.93. The number of carbonyl (C=O) groups excluding carboxylic acids is 1. The first-order chi connectivity index (χ1) is 8.01. The van der Waals surface area contributed by atoms with E-state index in [1.165, 1.54) is 0 Å². The highest BCUT2D eigenvalue weighted by Crippen LogP contribution is 2.37. The molecule has 0 saturated carbocycles. The molecule has 17 heavy (non-hydrogen) atoms. The summed E-state index contributed by atoms with van der Waals surface area (Å²) in [6.45, 7) is 8.47. The van der Waals surface area contributed by atoms with Gasteiger partial charge in [0.25, 0.3) is 0 Å². The van der Waals surface area contributed by atoms with Gasteiger partial charge in [-0.1, -0.05) is 27.7 Å². The normalized spacial score (nSPS) is 10.8. The zero-order valence-electron chi connectivity index (χ0n) is 11.2. The Morgan fingerprint density at radius 2 is 1.59 bits per heavy atom. The van der Waals surface area contributed by atoms with Gasteiger partial charge in [-0.2, -0.15) is 0 Å². The van der Waals surface area contributed by atoms with E-state index in [2.05, 4.69) is 33.0 Å². The lowest BCUT2D eigenvalue weighted by Crippen LogP contribution is -2.04. The maximum Gasteiger partial charge on any atom is 0.211 e. The summed E-state index contributed by atoms with van der Waals surface area (Å²) in [5, 5.41) is 2.71. The van der Waals surface area contributed by atoms with E-state index in [0.717, 1.165) is 22.6 Å². The second kappa shape index (κ2) is 5.71. The molecule has 0 bridgehead atoms. The van der Waals surface area contributed by atoms with Gasteiger partial charge in [0.05, 0.1) is 7.11 Å². The van der Waals surface area contributed by atoms with Crippen LogP contribution in [0.1, 0.15) is 50.7 Å². The lowest BCUT2D eigenvalue weighted by molar-refractivity contribution is -0.105. The molecule has 1 aromatic rings. The minimum atomic E-state index is 0.357. The largest absolute Gasteiger partial charge is 0.496 e. The van der Waals surface area contributed by atoms with Crippen molar-refractivity contribution in [1.29, 1.82) is 0 Å². The molecule has 0 spiro atoms. The third-order valence-electron chi connectivity index (χ3n) is 2.82. The summed E-state index contributed by atoms with van der Waals surface area (Å²) < 4.78 is 5.52. The van der Waals surface area contributed by atoms with E-state index < -0.39 is 0 Å². The third kappa shape index (κ3) is 2.99. The van der Waals surface area contributed by atoms with Crippen LogP contribution < -0.4 is 10.1 Å². The van der Waals surface area contributed by atoms with Crippen LogP contribution in [0.25, 0.3) is 0 Å². The topological polar surface area (TPSA) is 38.3 Å². The zero-order chi connectivity index (χ0) is 13.0. The van der Waals surface area contributed by atoms with Crippen molar-refractivity contribution >= 4 is 12.1 Å². The van der Waals surface area contributed by atoms with Crippen LogP contribution in [0.4, 0.5) is 5.69 Å². The number of amides is 1. The molecule has 0 aliphatic heterocycles.